The molecule has 6 heteroatoms. The molecule has 0 atom stereocenters. The second kappa shape index (κ2) is 7.50. The van der Waals surface area contributed by atoms with Crippen LogP contribution in [0.5, 0.6) is 0 Å². The third-order valence-electron chi connectivity index (χ3n) is 3.53. The molecule has 0 bridgehead atoms. The van der Waals surface area contributed by atoms with Crippen LogP contribution >= 0.6 is 0 Å². The fraction of sp³-hybridized carbons (Fsp3) is 0.222. The molecular formula is C18H18N4O2. The Morgan fingerprint density at radius 2 is 2.00 bits per heavy atom. The van der Waals surface area contributed by atoms with Crippen molar-refractivity contribution in [2.45, 2.75) is 26.3 Å². The molecule has 0 spiro atoms. The second-order valence-electron chi connectivity index (χ2n) is 5.50. The Morgan fingerprint density at radius 3 is 2.79 bits per heavy atom. The van der Waals surface area contributed by atoms with E-state index in [9.17, 15) is 4.79 Å². The highest BCUT2D eigenvalue weighted by atomic mass is 16.4. The molecule has 1 N–H and O–H groups in total. The molecule has 3 rings (SSSR count). The maximum Gasteiger partial charge on any atom is 0.247 e. The average molecular weight is 322 g/mol. The van der Waals surface area contributed by atoms with Crippen molar-refractivity contribution in [2.75, 3.05) is 0 Å². The van der Waals surface area contributed by atoms with Gasteiger partial charge in [-0.25, -0.2) is 0 Å². The Balaban J connectivity index is 1.49. The van der Waals surface area contributed by atoms with Crippen LogP contribution in [0.15, 0.2) is 53.2 Å². The summed E-state index contributed by atoms with van der Waals surface area (Å²) in [5, 5.41) is 10.9. The number of rotatable bonds is 6. The number of aryl methyl sites for hydroxylation is 2. The zero-order chi connectivity index (χ0) is 16.8. The summed E-state index contributed by atoms with van der Waals surface area (Å²) in [6, 6.07) is 11.7. The lowest BCUT2D eigenvalue weighted by atomic mass is 10.1. The Hall–Kier alpha value is -3.02. The molecule has 0 aliphatic heterocycles. The van der Waals surface area contributed by atoms with E-state index >= 15 is 0 Å². The van der Waals surface area contributed by atoms with Crippen molar-refractivity contribution < 1.29 is 9.21 Å². The quantitative estimate of drug-likeness (QED) is 0.754. The standard InChI is InChI=1S/C18H18N4O2/c1-13-3-2-4-14(11-13)12-20-16(23)5-6-17-21-22-18(24-17)15-7-9-19-10-8-15/h2-4,7-11H,5-6,12H2,1H3,(H,20,23). The van der Waals surface area contributed by atoms with Crippen molar-refractivity contribution in [3.05, 3.63) is 65.8 Å². The lowest BCUT2D eigenvalue weighted by Crippen LogP contribution is -2.23. The SMILES string of the molecule is Cc1cccc(CNC(=O)CCc2nnc(-c3ccncc3)o2)c1. The summed E-state index contributed by atoms with van der Waals surface area (Å²) in [6.45, 7) is 2.55. The van der Waals surface area contributed by atoms with Gasteiger partial charge in [-0.15, -0.1) is 10.2 Å². The van der Waals surface area contributed by atoms with Crippen LogP contribution in [0.1, 0.15) is 23.4 Å². The average Bonchev–Trinajstić information content (AvgIpc) is 3.08. The summed E-state index contributed by atoms with van der Waals surface area (Å²) < 4.78 is 5.57. The number of carbonyl (C=O) groups excluding carboxylic acids is 1. The molecule has 6 nitrogen and oxygen atoms in total. The smallest absolute Gasteiger partial charge is 0.247 e. The molecule has 2 heterocycles. The summed E-state index contributed by atoms with van der Waals surface area (Å²) in [5.41, 5.74) is 3.07. The van der Waals surface area contributed by atoms with Gasteiger partial charge in [0.15, 0.2) is 0 Å². The van der Waals surface area contributed by atoms with Crippen LogP contribution in [0.3, 0.4) is 0 Å². The molecule has 0 unspecified atom stereocenters. The highest BCUT2D eigenvalue weighted by Gasteiger charge is 2.10. The van der Waals surface area contributed by atoms with Crippen LogP contribution in [0.2, 0.25) is 0 Å². The first-order chi connectivity index (χ1) is 11.7. The van der Waals surface area contributed by atoms with Crippen molar-refractivity contribution in [1.29, 1.82) is 0 Å². The molecule has 1 aromatic carbocycles. The number of carbonyl (C=O) groups is 1. The van der Waals surface area contributed by atoms with Gasteiger partial charge in [-0.3, -0.25) is 9.78 Å². The Morgan fingerprint density at radius 1 is 1.17 bits per heavy atom. The number of aromatic nitrogens is 3. The van der Waals surface area contributed by atoms with E-state index in [1.807, 2.05) is 25.1 Å². The zero-order valence-corrected chi connectivity index (χ0v) is 13.4. The molecule has 24 heavy (non-hydrogen) atoms. The first kappa shape index (κ1) is 15.9. The normalized spacial score (nSPS) is 10.5. The molecule has 0 aliphatic carbocycles. The summed E-state index contributed by atoms with van der Waals surface area (Å²) in [4.78, 5) is 15.9. The van der Waals surface area contributed by atoms with Gasteiger partial charge in [-0.1, -0.05) is 29.8 Å². The van der Waals surface area contributed by atoms with Gasteiger partial charge in [0.1, 0.15) is 0 Å². The minimum absolute atomic E-state index is 0.0415. The molecular weight excluding hydrogens is 304 g/mol. The lowest BCUT2D eigenvalue weighted by Gasteiger charge is -2.05. The summed E-state index contributed by atoms with van der Waals surface area (Å²) in [7, 11) is 0. The van der Waals surface area contributed by atoms with Gasteiger partial charge in [0, 0.05) is 37.3 Å². The highest BCUT2D eigenvalue weighted by Crippen LogP contribution is 2.16. The number of nitrogens with zero attached hydrogens (tertiary/aromatic N) is 3. The van der Waals surface area contributed by atoms with E-state index in [1.165, 1.54) is 5.56 Å². The molecule has 0 saturated carbocycles. The van der Waals surface area contributed by atoms with Crippen LogP contribution in [-0.2, 0) is 17.8 Å². The lowest BCUT2D eigenvalue weighted by molar-refractivity contribution is -0.121. The van der Waals surface area contributed by atoms with E-state index in [0.29, 0.717) is 31.2 Å². The topological polar surface area (TPSA) is 80.9 Å². The van der Waals surface area contributed by atoms with E-state index in [1.54, 1.807) is 24.5 Å². The molecule has 1 amide bonds. The van der Waals surface area contributed by atoms with Crippen molar-refractivity contribution in [1.82, 2.24) is 20.5 Å². The molecule has 0 aliphatic rings. The Labute approximate surface area is 140 Å². The van der Waals surface area contributed by atoms with Crippen LogP contribution < -0.4 is 5.32 Å². The van der Waals surface area contributed by atoms with Gasteiger partial charge >= 0.3 is 0 Å². The van der Waals surface area contributed by atoms with Crippen molar-refractivity contribution in [3.8, 4) is 11.5 Å². The number of nitrogens with one attached hydrogen (secondary N) is 1. The van der Waals surface area contributed by atoms with Gasteiger partial charge in [0.05, 0.1) is 0 Å². The fourth-order valence-corrected chi connectivity index (χ4v) is 2.30. The highest BCUT2D eigenvalue weighted by molar-refractivity contribution is 5.76. The summed E-state index contributed by atoms with van der Waals surface area (Å²) >= 11 is 0. The molecule has 2 aromatic heterocycles. The van der Waals surface area contributed by atoms with E-state index in [-0.39, 0.29) is 5.91 Å². The zero-order valence-electron chi connectivity index (χ0n) is 13.4. The maximum atomic E-state index is 11.9. The summed E-state index contributed by atoms with van der Waals surface area (Å²) in [6.07, 6.45) is 4.05. The molecule has 0 fully saturated rings. The molecule has 0 saturated heterocycles. The van der Waals surface area contributed by atoms with Gasteiger partial charge in [-0.2, -0.15) is 0 Å². The predicted molar refractivity (Wildman–Crippen MR) is 88.9 cm³/mol. The number of pyridine rings is 1. The van der Waals surface area contributed by atoms with Crippen LogP contribution in [0.4, 0.5) is 0 Å². The minimum atomic E-state index is -0.0415. The Kier molecular flexibility index (Phi) is 4.96. The third kappa shape index (κ3) is 4.25. The number of hydrogen-bond acceptors (Lipinski definition) is 5. The third-order valence-corrected chi connectivity index (χ3v) is 3.53. The summed E-state index contributed by atoms with van der Waals surface area (Å²) in [5.74, 6) is 0.847. The van der Waals surface area contributed by atoms with Crippen LogP contribution in [0.25, 0.3) is 11.5 Å². The number of hydrogen-bond donors (Lipinski definition) is 1. The van der Waals surface area contributed by atoms with Crippen LogP contribution in [-0.4, -0.2) is 21.1 Å². The Bertz CT molecular complexity index is 815. The van der Waals surface area contributed by atoms with Gasteiger partial charge < -0.3 is 9.73 Å². The molecule has 122 valence electrons. The molecule has 0 radical (unpaired) electrons. The van der Waals surface area contributed by atoms with E-state index < -0.39 is 0 Å². The maximum absolute atomic E-state index is 11.9. The first-order valence-electron chi connectivity index (χ1n) is 7.76. The first-order valence-corrected chi connectivity index (χ1v) is 7.76. The van der Waals surface area contributed by atoms with Crippen molar-refractivity contribution >= 4 is 5.91 Å². The van der Waals surface area contributed by atoms with E-state index in [4.69, 9.17) is 4.42 Å². The van der Waals surface area contributed by atoms with Gasteiger partial charge in [-0.05, 0) is 24.6 Å². The van der Waals surface area contributed by atoms with Gasteiger partial charge in [0.25, 0.3) is 0 Å². The largest absolute Gasteiger partial charge is 0.421 e. The van der Waals surface area contributed by atoms with Crippen molar-refractivity contribution in [2.24, 2.45) is 0 Å². The van der Waals surface area contributed by atoms with Crippen LogP contribution in [0, 0.1) is 6.92 Å². The predicted octanol–water partition coefficient (Wildman–Crippen LogP) is 2.69. The second-order valence-corrected chi connectivity index (χ2v) is 5.50. The number of benzene rings is 1. The van der Waals surface area contributed by atoms with Crippen molar-refractivity contribution in [3.63, 3.8) is 0 Å². The fourth-order valence-electron chi connectivity index (χ4n) is 2.30. The van der Waals surface area contributed by atoms with E-state index in [0.717, 1.165) is 11.1 Å². The van der Waals surface area contributed by atoms with E-state index in [2.05, 4.69) is 26.6 Å². The number of amides is 1. The molecule has 3 aromatic rings. The monoisotopic (exact) mass is 322 g/mol. The minimum Gasteiger partial charge on any atom is -0.421 e. The van der Waals surface area contributed by atoms with Gasteiger partial charge in [0.2, 0.25) is 17.7 Å².